The molecule has 0 aromatic carbocycles. The Bertz CT molecular complexity index is 406. The summed E-state index contributed by atoms with van der Waals surface area (Å²) in [4.78, 5) is 32.6. The summed E-state index contributed by atoms with van der Waals surface area (Å²) in [6.07, 6.45) is 3.40. The van der Waals surface area contributed by atoms with Crippen LogP contribution in [0.15, 0.2) is 0 Å². The SMILES string of the molecule is NC(CCC(=O)OC1C[C@@H](CCCCC(=O)O)SS1)C(=O)O. The first-order valence-electron chi connectivity index (χ1n) is 7.10. The van der Waals surface area contributed by atoms with E-state index in [1.165, 1.54) is 10.8 Å². The zero-order valence-corrected chi connectivity index (χ0v) is 13.7. The predicted octanol–water partition coefficient (Wildman–Crippen LogP) is 1.85. The molecule has 0 radical (unpaired) electrons. The van der Waals surface area contributed by atoms with Crippen molar-refractivity contribution in [3.8, 4) is 0 Å². The first-order chi connectivity index (χ1) is 10.4. The van der Waals surface area contributed by atoms with Crippen LogP contribution >= 0.6 is 21.6 Å². The number of ether oxygens (including phenoxy) is 1. The zero-order valence-electron chi connectivity index (χ0n) is 12.1. The molecule has 1 aliphatic heterocycles. The number of carbonyl (C=O) groups is 3. The Kier molecular flexibility index (Phi) is 8.66. The van der Waals surface area contributed by atoms with E-state index in [0.717, 1.165) is 19.3 Å². The van der Waals surface area contributed by atoms with Crippen LogP contribution in [0.5, 0.6) is 0 Å². The van der Waals surface area contributed by atoms with Crippen molar-refractivity contribution in [3.63, 3.8) is 0 Å². The van der Waals surface area contributed by atoms with E-state index in [-0.39, 0.29) is 24.7 Å². The Morgan fingerprint density at radius 2 is 1.91 bits per heavy atom. The highest BCUT2D eigenvalue weighted by molar-refractivity contribution is 8.77. The highest BCUT2D eigenvalue weighted by atomic mass is 33.1. The smallest absolute Gasteiger partial charge is 0.320 e. The summed E-state index contributed by atoms with van der Waals surface area (Å²) < 4.78 is 5.28. The lowest BCUT2D eigenvalue weighted by atomic mass is 10.1. The Labute approximate surface area is 136 Å². The van der Waals surface area contributed by atoms with Crippen molar-refractivity contribution >= 4 is 39.5 Å². The molecule has 126 valence electrons. The summed E-state index contributed by atoms with van der Waals surface area (Å²) in [5.74, 6) is -2.33. The summed E-state index contributed by atoms with van der Waals surface area (Å²) in [5.41, 5.74) is 5.11. The Morgan fingerprint density at radius 3 is 2.55 bits per heavy atom. The molecule has 7 nitrogen and oxygen atoms in total. The second kappa shape index (κ2) is 9.96. The van der Waals surface area contributed by atoms with E-state index in [1.54, 1.807) is 10.8 Å². The van der Waals surface area contributed by atoms with Gasteiger partial charge in [-0.25, -0.2) is 0 Å². The molecule has 0 bridgehead atoms. The standard InChI is InChI=1S/C13H21NO6S2/c14-9(13(18)19)5-6-11(17)20-12-7-8(21-22-12)3-1-2-4-10(15)16/h8-9,12H,1-7,14H2,(H,15,16)(H,18,19)/t8-,9?,12?/m1/s1. The van der Waals surface area contributed by atoms with E-state index in [4.69, 9.17) is 20.7 Å². The van der Waals surface area contributed by atoms with Gasteiger partial charge in [-0.3, -0.25) is 14.4 Å². The summed E-state index contributed by atoms with van der Waals surface area (Å²) in [6, 6.07) is -1.04. The second-order valence-corrected chi connectivity index (χ2v) is 7.82. The Balaban J connectivity index is 2.14. The largest absolute Gasteiger partial charge is 0.481 e. The minimum Gasteiger partial charge on any atom is -0.481 e. The van der Waals surface area contributed by atoms with Gasteiger partial charge < -0.3 is 20.7 Å². The summed E-state index contributed by atoms with van der Waals surface area (Å²) in [7, 11) is 3.15. The third-order valence-electron chi connectivity index (χ3n) is 3.16. The summed E-state index contributed by atoms with van der Waals surface area (Å²) >= 11 is 0. The maximum atomic E-state index is 11.6. The normalized spacial score (nSPS) is 22.2. The molecule has 1 aliphatic rings. The fraction of sp³-hybridized carbons (Fsp3) is 0.769. The molecule has 1 heterocycles. The fourth-order valence-corrected chi connectivity index (χ4v) is 5.02. The van der Waals surface area contributed by atoms with Crippen LogP contribution in [0.3, 0.4) is 0 Å². The van der Waals surface area contributed by atoms with E-state index in [2.05, 4.69) is 0 Å². The third kappa shape index (κ3) is 7.90. The number of unbranched alkanes of at least 4 members (excludes halogenated alkanes) is 1. The molecule has 0 spiro atoms. The lowest BCUT2D eigenvalue weighted by Crippen LogP contribution is -2.31. The number of hydrogen-bond donors (Lipinski definition) is 3. The average Bonchev–Trinajstić information content (AvgIpc) is 2.88. The van der Waals surface area contributed by atoms with Gasteiger partial charge in [0.05, 0.1) is 0 Å². The van der Waals surface area contributed by atoms with Crippen molar-refractivity contribution in [1.82, 2.24) is 0 Å². The number of carboxylic acid groups (broad SMARTS) is 2. The van der Waals surface area contributed by atoms with Crippen molar-refractivity contribution in [3.05, 3.63) is 0 Å². The minimum absolute atomic E-state index is 0.00152. The first kappa shape index (κ1) is 19.1. The number of carboxylic acids is 2. The average molecular weight is 351 g/mol. The zero-order chi connectivity index (χ0) is 16.5. The molecule has 3 atom stereocenters. The van der Waals surface area contributed by atoms with Crippen LogP contribution in [0.4, 0.5) is 0 Å². The maximum Gasteiger partial charge on any atom is 0.320 e. The van der Waals surface area contributed by atoms with Gasteiger partial charge in [-0.1, -0.05) is 17.2 Å². The van der Waals surface area contributed by atoms with Gasteiger partial charge in [0.2, 0.25) is 0 Å². The minimum atomic E-state index is -1.12. The molecular weight excluding hydrogens is 330 g/mol. The van der Waals surface area contributed by atoms with Crippen LogP contribution in [0.2, 0.25) is 0 Å². The van der Waals surface area contributed by atoms with Crippen LogP contribution in [0.1, 0.15) is 44.9 Å². The molecule has 9 heteroatoms. The van der Waals surface area contributed by atoms with Crippen LogP contribution < -0.4 is 5.73 Å². The molecule has 4 N–H and O–H groups in total. The van der Waals surface area contributed by atoms with Crippen molar-refractivity contribution in [2.75, 3.05) is 0 Å². The molecule has 0 aromatic rings. The number of nitrogens with two attached hydrogens (primary N) is 1. The van der Waals surface area contributed by atoms with Crippen LogP contribution in [0, 0.1) is 0 Å². The molecule has 1 saturated heterocycles. The Hall–Kier alpha value is -0.930. The van der Waals surface area contributed by atoms with Crippen molar-refractivity contribution in [2.45, 2.75) is 61.7 Å². The molecule has 0 saturated carbocycles. The molecule has 0 amide bonds. The predicted molar refractivity (Wildman–Crippen MR) is 84.4 cm³/mol. The Morgan fingerprint density at radius 1 is 1.18 bits per heavy atom. The van der Waals surface area contributed by atoms with Gasteiger partial charge in [-0.2, -0.15) is 0 Å². The van der Waals surface area contributed by atoms with Gasteiger partial charge >= 0.3 is 17.9 Å². The number of rotatable bonds is 10. The van der Waals surface area contributed by atoms with Crippen LogP contribution in [-0.4, -0.2) is 44.8 Å². The number of aliphatic carboxylic acids is 2. The van der Waals surface area contributed by atoms with E-state index in [9.17, 15) is 14.4 Å². The highest BCUT2D eigenvalue weighted by Gasteiger charge is 2.29. The molecule has 2 unspecified atom stereocenters. The fourth-order valence-electron chi connectivity index (χ4n) is 1.92. The van der Waals surface area contributed by atoms with E-state index in [1.807, 2.05) is 0 Å². The lowest BCUT2D eigenvalue weighted by molar-refractivity contribution is -0.146. The van der Waals surface area contributed by atoms with Crippen LogP contribution in [-0.2, 0) is 19.1 Å². The molecule has 0 aromatic heterocycles. The van der Waals surface area contributed by atoms with E-state index < -0.39 is 23.9 Å². The summed E-state index contributed by atoms with van der Waals surface area (Å²) in [6.45, 7) is 0. The van der Waals surface area contributed by atoms with Gasteiger partial charge in [0.15, 0.2) is 5.44 Å². The highest BCUT2D eigenvalue weighted by Crippen LogP contribution is 2.46. The van der Waals surface area contributed by atoms with Gasteiger partial charge in [0, 0.05) is 24.5 Å². The van der Waals surface area contributed by atoms with E-state index >= 15 is 0 Å². The van der Waals surface area contributed by atoms with Gasteiger partial charge in [0.25, 0.3) is 0 Å². The molecule has 22 heavy (non-hydrogen) atoms. The number of hydrogen-bond acceptors (Lipinski definition) is 7. The van der Waals surface area contributed by atoms with Gasteiger partial charge in [0.1, 0.15) is 6.04 Å². The monoisotopic (exact) mass is 351 g/mol. The van der Waals surface area contributed by atoms with Gasteiger partial charge in [-0.15, -0.1) is 0 Å². The maximum absolute atomic E-state index is 11.6. The molecule has 0 aliphatic carbocycles. The second-order valence-electron chi connectivity index (χ2n) is 5.09. The third-order valence-corrected chi connectivity index (χ3v) is 6.27. The van der Waals surface area contributed by atoms with Crippen molar-refractivity contribution in [2.24, 2.45) is 5.73 Å². The van der Waals surface area contributed by atoms with Gasteiger partial charge in [-0.05, 0) is 30.1 Å². The summed E-state index contributed by atoms with van der Waals surface area (Å²) in [5, 5.41) is 17.5. The topological polar surface area (TPSA) is 127 Å². The lowest BCUT2D eigenvalue weighted by Gasteiger charge is -2.11. The molecular formula is C13H21NO6S2. The number of esters is 1. The van der Waals surface area contributed by atoms with E-state index in [0.29, 0.717) is 11.7 Å². The van der Waals surface area contributed by atoms with Crippen molar-refractivity contribution < 1.29 is 29.3 Å². The first-order valence-corrected chi connectivity index (χ1v) is 9.38. The van der Waals surface area contributed by atoms with Crippen LogP contribution in [0.25, 0.3) is 0 Å². The molecule has 1 rings (SSSR count). The van der Waals surface area contributed by atoms with Crippen molar-refractivity contribution in [1.29, 1.82) is 0 Å². The number of carbonyl (C=O) groups excluding carboxylic acids is 1. The quantitative estimate of drug-likeness (QED) is 0.307. The molecule has 1 fully saturated rings.